The Morgan fingerprint density at radius 3 is 2.31 bits per heavy atom. The zero-order chi connectivity index (χ0) is 29.6. The number of carbonyl (C=O) groups is 4. The molecule has 5 rings (SSSR count). The van der Waals surface area contributed by atoms with Crippen LogP contribution in [0.15, 0.2) is 72.8 Å². The molecule has 3 aromatic rings. The van der Waals surface area contributed by atoms with Crippen molar-refractivity contribution in [1.82, 2.24) is 15.1 Å². The monoisotopic (exact) mass is 567 g/mol. The van der Waals surface area contributed by atoms with Gasteiger partial charge in [-0.25, -0.2) is 0 Å². The number of carbonyl (C=O) groups excluding carboxylic acids is 4. The highest BCUT2D eigenvalue weighted by molar-refractivity contribution is 6.00. The molecule has 9 heteroatoms. The fourth-order valence-electron chi connectivity index (χ4n) is 5.73. The maximum Gasteiger partial charge on any atom is 0.246 e. The first-order valence-corrected chi connectivity index (χ1v) is 14.4. The molecule has 42 heavy (non-hydrogen) atoms. The van der Waals surface area contributed by atoms with Crippen LogP contribution in [0, 0.1) is 0 Å². The maximum absolute atomic E-state index is 13.7. The van der Waals surface area contributed by atoms with Crippen LogP contribution >= 0.6 is 0 Å². The van der Waals surface area contributed by atoms with Crippen LogP contribution < -0.4 is 16.4 Å². The molecule has 0 fully saturated rings. The standard InChI is InChI=1S/C33H37N5O4/c1-37-19-25-11-12-27(17-26(25)20-37)35-32(41)28(15-16-34)36-33(42)29-18-23-9-5-6-10-24(23)21-38(29)31(40)14-13-30(39)22-7-3-2-4-8-22/h2-12,17,28-29H,13-16,18-21,34H2,1H3,(H,35,41)(H,36,42)/t28-,29-/m0/s1. The first-order chi connectivity index (χ1) is 20.3. The van der Waals surface area contributed by atoms with Crippen LogP contribution in [0.4, 0.5) is 5.69 Å². The molecular formula is C33H37N5O4. The minimum Gasteiger partial charge on any atom is -0.342 e. The molecule has 0 aliphatic carbocycles. The summed E-state index contributed by atoms with van der Waals surface area (Å²) in [5.41, 5.74) is 11.4. The summed E-state index contributed by atoms with van der Waals surface area (Å²) in [6.45, 7) is 2.14. The number of nitrogens with zero attached hydrogens (tertiary/aromatic N) is 2. The Kier molecular flexibility index (Phi) is 9.09. The Labute approximate surface area is 246 Å². The lowest BCUT2D eigenvalue weighted by molar-refractivity contribution is -0.142. The lowest BCUT2D eigenvalue weighted by Gasteiger charge is -2.36. The van der Waals surface area contributed by atoms with Gasteiger partial charge in [-0.15, -0.1) is 0 Å². The highest BCUT2D eigenvalue weighted by atomic mass is 16.2. The van der Waals surface area contributed by atoms with Crippen LogP contribution in [-0.4, -0.2) is 59.0 Å². The molecule has 0 radical (unpaired) electrons. The van der Waals surface area contributed by atoms with Gasteiger partial charge in [-0.2, -0.15) is 0 Å². The van der Waals surface area contributed by atoms with E-state index in [-0.39, 0.29) is 49.9 Å². The molecule has 0 spiro atoms. The van der Waals surface area contributed by atoms with Gasteiger partial charge in [-0.05, 0) is 54.4 Å². The lowest BCUT2D eigenvalue weighted by atomic mass is 9.92. The zero-order valence-corrected chi connectivity index (χ0v) is 23.8. The second-order valence-electron chi connectivity index (χ2n) is 11.1. The normalized spacial score (nSPS) is 16.7. The van der Waals surface area contributed by atoms with Crippen molar-refractivity contribution in [3.8, 4) is 0 Å². The molecular weight excluding hydrogens is 530 g/mol. The second-order valence-corrected chi connectivity index (χ2v) is 11.1. The van der Waals surface area contributed by atoms with E-state index in [0.29, 0.717) is 17.7 Å². The number of fused-ring (bicyclic) bond motifs is 2. The summed E-state index contributed by atoms with van der Waals surface area (Å²) >= 11 is 0. The highest BCUT2D eigenvalue weighted by Crippen LogP contribution is 2.26. The van der Waals surface area contributed by atoms with Crippen LogP contribution in [0.1, 0.15) is 51.9 Å². The summed E-state index contributed by atoms with van der Waals surface area (Å²) < 4.78 is 0. The summed E-state index contributed by atoms with van der Waals surface area (Å²) in [7, 11) is 2.05. The van der Waals surface area contributed by atoms with E-state index in [9.17, 15) is 19.2 Å². The van der Waals surface area contributed by atoms with E-state index in [4.69, 9.17) is 5.73 Å². The number of hydrogen-bond donors (Lipinski definition) is 3. The number of ketones is 1. The van der Waals surface area contributed by atoms with Crippen LogP contribution in [-0.2, 0) is 40.4 Å². The predicted molar refractivity (Wildman–Crippen MR) is 160 cm³/mol. The molecule has 9 nitrogen and oxygen atoms in total. The number of hydrogen-bond acceptors (Lipinski definition) is 6. The number of Topliss-reactive ketones (excluding diaryl/α,β-unsaturated/α-hetero) is 1. The van der Waals surface area contributed by atoms with Gasteiger partial charge in [-0.3, -0.25) is 24.1 Å². The van der Waals surface area contributed by atoms with E-state index >= 15 is 0 Å². The Morgan fingerprint density at radius 1 is 0.857 bits per heavy atom. The SMILES string of the molecule is CN1Cc2ccc(NC(=O)[C@H](CCN)NC(=O)[C@@H]3Cc4ccccc4CN3C(=O)CCC(=O)c3ccccc3)cc2C1. The molecule has 2 aliphatic rings. The molecule has 4 N–H and O–H groups in total. The Balaban J connectivity index is 1.28. The third-order valence-corrected chi connectivity index (χ3v) is 7.98. The molecule has 2 aliphatic heterocycles. The van der Waals surface area contributed by atoms with Crippen molar-refractivity contribution in [3.05, 3.63) is 101 Å². The van der Waals surface area contributed by atoms with Gasteiger partial charge < -0.3 is 21.3 Å². The van der Waals surface area contributed by atoms with Gasteiger partial charge in [0, 0.05) is 50.1 Å². The molecule has 0 saturated carbocycles. The minimum absolute atomic E-state index is 0.0140. The number of anilines is 1. The van der Waals surface area contributed by atoms with Gasteiger partial charge in [0.05, 0.1) is 0 Å². The molecule has 0 saturated heterocycles. The van der Waals surface area contributed by atoms with Crippen molar-refractivity contribution in [2.75, 3.05) is 18.9 Å². The Morgan fingerprint density at radius 2 is 1.55 bits per heavy atom. The highest BCUT2D eigenvalue weighted by Gasteiger charge is 2.36. The topological polar surface area (TPSA) is 125 Å². The molecule has 0 bridgehead atoms. The average Bonchev–Trinajstić information content (AvgIpc) is 3.38. The molecule has 0 unspecified atom stereocenters. The predicted octanol–water partition coefficient (Wildman–Crippen LogP) is 3.02. The second kappa shape index (κ2) is 13.1. The maximum atomic E-state index is 13.7. The summed E-state index contributed by atoms with van der Waals surface area (Å²) in [6, 6.07) is 20.7. The van der Waals surface area contributed by atoms with Crippen LogP contribution in [0.2, 0.25) is 0 Å². The molecule has 0 aromatic heterocycles. The zero-order valence-electron chi connectivity index (χ0n) is 23.8. The summed E-state index contributed by atoms with van der Waals surface area (Å²) in [4.78, 5) is 56.9. The van der Waals surface area contributed by atoms with Crippen molar-refractivity contribution in [1.29, 1.82) is 0 Å². The molecule has 218 valence electrons. The quantitative estimate of drug-likeness (QED) is 0.324. The van der Waals surface area contributed by atoms with Crippen LogP contribution in [0.3, 0.4) is 0 Å². The third-order valence-electron chi connectivity index (χ3n) is 7.98. The number of amides is 3. The van der Waals surface area contributed by atoms with E-state index in [0.717, 1.165) is 29.8 Å². The van der Waals surface area contributed by atoms with Crippen molar-refractivity contribution in [2.45, 2.75) is 57.4 Å². The number of rotatable bonds is 10. The van der Waals surface area contributed by atoms with Gasteiger partial charge in [-0.1, -0.05) is 60.7 Å². The van der Waals surface area contributed by atoms with Crippen LogP contribution in [0.5, 0.6) is 0 Å². The fourth-order valence-corrected chi connectivity index (χ4v) is 5.73. The fraction of sp³-hybridized carbons (Fsp3) is 0.333. The van der Waals surface area contributed by atoms with E-state index in [1.807, 2.05) is 55.6 Å². The van der Waals surface area contributed by atoms with E-state index in [1.54, 1.807) is 24.3 Å². The van der Waals surface area contributed by atoms with Crippen molar-refractivity contribution >= 4 is 29.2 Å². The van der Waals surface area contributed by atoms with E-state index in [2.05, 4.69) is 15.5 Å². The van der Waals surface area contributed by atoms with Gasteiger partial charge in [0.15, 0.2) is 5.78 Å². The lowest BCUT2D eigenvalue weighted by Crippen LogP contribution is -2.56. The summed E-state index contributed by atoms with van der Waals surface area (Å²) in [6.07, 6.45) is 0.591. The van der Waals surface area contributed by atoms with Crippen molar-refractivity contribution in [3.63, 3.8) is 0 Å². The van der Waals surface area contributed by atoms with Gasteiger partial charge in [0.1, 0.15) is 12.1 Å². The van der Waals surface area contributed by atoms with Gasteiger partial charge >= 0.3 is 0 Å². The summed E-state index contributed by atoms with van der Waals surface area (Å²) in [5, 5.41) is 5.81. The average molecular weight is 568 g/mol. The number of nitrogens with one attached hydrogen (secondary N) is 2. The molecule has 3 amide bonds. The molecule has 2 heterocycles. The summed E-state index contributed by atoms with van der Waals surface area (Å²) in [5.74, 6) is -1.18. The number of nitrogens with two attached hydrogens (primary N) is 1. The smallest absolute Gasteiger partial charge is 0.246 e. The van der Waals surface area contributed by atoms with Crippen molar-refractivity contribution in [2.24, 2.45) is 5.73 Å². The first-order valence-electron chi connectivity index (χ1n) is 14.4. The molecule has 2 atom stereocenters. The van der Waals surface area contributed by atoms with Crippen molar-refractivity contribution < 1.29 is 19.2 Å². The largest absolute Gasteiger partial charge is 0.342 e. The van der Waals surface area contributed by atoms with Gasteiger partial charge in [0.2, 0.25) is 17.7 Å². The Hall–Kier alpha value is -4.34. The first kappa shape index (κ1) is 29.2. The number of benzene rings is 3. The minimum atomic E-state index is -0.868. The third kappa shape index (κ3) is 6.75. The Bertz CT molecular complexity index is 1470. The van der Waals surface area contributed by atoms with E-state index in [1.165, 1.54) is 10.5 Å². The molecule has 3 aromatic carbocycles. The van der Waals surface area contributed by atoms with Crippen LogP contribution in [0.25, 0.3) is 0 Å². The van der Waals surface area contributed by atoms with Gasteiger partial charge in [0.25, 0.3) is 0 Å². The van der Waals surface area contributed by atoms with E-state index < -0.39 is 18.0 Å².